The first-order chi connectivity index (χ1) is 10.0. The molecule has 1 atom stereocenters. The molecule has 112 valence electrons. The van der Waals surface area contributed by atoms with Gasteiger partial charge in [0.05, 0.1) is 6.04 Å². The van der Waals surface area contributed by atoms with Crippen molar-refractivity contribution in [3.63, 3.8) is 0 Å². The van der Waals surface area contributed by atoms with E-state index in [4.69, 9.17) is 0 Å². The van der Waals surface area contributed by atoms with E-state index >= 15 is 0 Å². The fraction of sp³-hybridized carbons (Fsp3) is 0.294. The molecule has 0 saturated heterocycles. The molecule has 2 aromatic carbocycles. The molecule has 2 aromatic rings. The number of benzene rings is 2. The number of aryl methyl sites for hydroxylation is 1. The Hall–Kier alpha value is -0.710. The molecule has 0 bridgehead atoms. The third-order valence-electron chi connectivity index (χ3n) is 3.33. The van der Waals surface area contributed by atoms with Crippen LogP contribution in [-0.4, -0.2) is 6.54 Å². The Kier molecular flexibility index (Phi) is 5.97. The SMILES string of the molecule is CCCNC(c1ccc(C)cc1F)c1cc(Br)ccc1Br. The summed E-state index contributed by atoms with van der Waals surface area (Å²) in [6.45, 7) is 4.83. The lowest BCUT2D eigenvalue weighted by molar-refractivity contribution is 0.545. The molecular weight excluding hydrogens is 397 g/mol. The Bertz CT molecular complexity index is 628. The summed E-state index contributed by atoms with van der Waals surface area (Å²) in [4.78, 5) is 0. The zero-order chi connectivity index (χ0) is 15.4. The fourth-order valence-corrected chi connectivity index (χ4v) is 3.13. The van der Waals surface area contributed by atoms with E-state index in [1.807, 2.05) is 37.3 Å². The van der Waals surface area contributed by atoms with E-state index in [0.717, 1.165) is 33.0 Å². The Balaban J connectivity index is 2.49. The van der Waals surface area contributed by atoms with Crippen molar-refractivity contribution in [3.05, 3.63) is 67.9 Å². The highest BCUT2D eigenvalue weighted by atomic mass is 79.9. The van der Waals surface area contributed by atoms with Gasteiger partial charge in [-0.15, -0.1) is 0 Å². The second kappa shape index (κ2) is 7.52. The number of hydrogen-bond donors (Lipinski definition) is 1. The average Bonchev–Trinajstić information content (AvgIpc) is 2.44. The molecule has 0 aliphatic rings. The van der Waals surface area contributed by atoms with Gasteiger partial charge in [-0.3, -0.25) is 0 Å². The smallest absolute Gasteiger partial charge is 0.128 e. The van der Waals surface area contributed by atoms with Crippen LogP contribution in [0.3, 0.4) is 0 Å². The van der Waals surface area contributed by atoms with E-state index in [0.29, 0.717) is 5.56 Å². The van der Waals surface area contributed by atoms with Crippen LogP contribution in [0.15, 0.2) is 45.3 Å². The van der Waals surface area contributed by atoms with Gasteiger partial charge in [0.25, 0.3) is 0 Å². The third-order valence-corrected chi connectivity index (χ3v) is 4.55. The first kappa shape index (κ1) is 16.7. The van der Waals surface area contributed by atoms with Gasteiger partial charge in [-0.25, -0.2) is 4.39 Å². The van der Waals surface area contributed by atoms with Crippen molar-refractivity contribution in [1.82, 2.24) is 5.32 Å². The standard InChI is InChI=1S/C17H18Br2FN/c1-3-8-21-17(13-6-4-11(2)9-16(13)20)14-10-12(18)5-7-15(14)19/h4-7,9-10,17,21H,3,8H2,1-2H3. The normalized spacial score (nSPS) is 12.4. The summed E-state index contributed by atoms with van der Waals surface area (Å²) in [7, 11) is 0. The molecule has 0 heterocycles. The van der Waals surface area contributed by atoms with Crippen molar-refractivity contribution in [2.45, 2.75) is 26.3 Å². The maximum absolute atomic E-state index is 14.4. The van der Waals surface area contributed by atoms with Crippen molar-refractivity contribution in [3.8, 4) is 0 Å². The van der Waals surface area contributed by atoms with Gasteiger partial charge in [-0.05, 0) is 55.3 Å². The summed E-state index contributed by atoms with van der Waals surface area (Å²) in [5, 5.41) is 3.44. The predicted octanol–water partition coefficient (Wildman–Crippen LogP) is 5.75. The summed E-state index contributed by atoms with van der Waals surface area (Å²) < 4.78 is 16.3. The van der Waals surface area contributed by atoms with Crippen LogP contribution >= 0.6 is 31.9 Å². The topological polar surface area (TPSA) is 12.0 Å². The second-order valence-electron chi connectivity index (χ2n) is 5.08. The molecule has 0 saturated carbocycles. The first-order valence-corrected chi connectivity index (χ1v) is 8.56. The summed E-state index contributed by atoms with van der Waals surface area (Å²) in [6, 6.07) is 11.2. The third kappa shape index (κ3) is 4.15. The van der Waals surface area contributed by atoms with Gasteiger partial charge >= 0.3 is 0 Å². The van der Waals surface area contributed by atoms with Crippen LogP contribution in [-0.2, 0) is 0 Å². The summed E-state index contributed by atoms with van der Waals surface area (Å²) in [5.74, 6) is -0.171. The minimum absolute atomic E-state index is 0.169. The molecule has 1 unspecified atom stereocenters. The second-order valence-corrected chi connectivity index (χ2v) is 6.85. The lowest BCUT2D eigenvalue weighted by atomic mass is 9.97. The lowest BCUT2D eigenvalue weighted by Crippen LogP contribution is -2.24. The van der Waals surface area contributed by atoms with E-state index in [2.05, 4.69) is 44.1 Å². The number of rotatable bonds is 5. The molecule has 1 nitrogen and oxygen atoms in total. The Morgan fingerprint density at radius 2 is 1.86 bits per heavy atom. The van der Waals surface area contributed by atoms with Crippen LogP contribution in [0.1, 0.15) is 36.1 Å². The highest BCUT2D eigenvalue weighted by molar-refractivity contribution is 9.11. The van der Waals surface area contributed by atoms with Gasteiger partial charge in [0.1, 0.15) is 5.82 Å². The van der Waals surface area contributed by atoms with Crippen LogP contribution < -0.4 is 5.32 Å². The summed E-state index contributed by atoms with van der Waals surface area (Å²) in [6.07, 6.45) is 0.996. The predicted molar refractivity (Wildman–Crippen MR) is 93.1 cm³/mol. The van der Waals surface area contributed by atoms with Gasteiger partial charge in [-0.1, -0.05) is 50.9 Å². The van der Waals surface area contributed by atoms with Crippen molar-refractivity contribution in [2.24, 2.45) is 0 Å². The zero-order valence-electron chi connectivity index (χ0n) is 12.1. The summed E-state index contributed by atoms with van der Waals surface area (Å²) in [5.41, 5.74) is 2.63. The van der Waals surface area contributed by atoms with Crippen LogP contribution in [0, 0.1) is 12.7 Å². The highest BCUT2D eigenvalue weighted by Crippen LogP contribution is 2.32. The van der Waals surface area contributed by atoms with Crippen LogP contribution in [0.5, 0.6) is 0 Å². The maximum atomic E-state index is 14.4. The van der Waals surface area contributed by atoms with Gasteiger partial charge in [-0.2, -0.15) is 0 Å². The largest absolute Gasteiger partial charge is 0.306 e. The molecule has 4 heteroatoms. The van der Waals surface area contributed by atoms with E-state index < -0.39 is 0 Å². The number of halogens is 3. The van der Waals surface area contributed by atoms with Gasteiger partial charge in [0, 0.05) is 14.5 Å². The minimum atomic E-state index is -0.171. The molecule has 0 aliphatic heterocycles. The fourth-order valence-electron chi connectivity index (χ4n) is 2.28. The maximum Gasteiger partial charge on any atom is 0.128 e. The summed E-state index contributed by atoms with van der Waals surface area (Å²) >= 11 is 7.07. The van der Waals surface area contributed by atoms with Crippen molar-refractivity contribution in [1.29, 1.82) is 0 Å². The van der Waals surface area contributed by atoms with Crippen LogP contribution in [0.2, 0.25) is 0 Å². The van der Waals surface area contributed by atoms with E-state index in [9.17, 15) is 4.39 Å². The van der Waals surface area contributed by atoms with E-state index in [1.54, 1.807) is 6.07 Å². The molecule has 0 fully saturated rings. The van der Waals surface area contributed by atoms with E-state index in [-0.39, 0.29) is 11.9 Å². The number of hydrogen-bond acceptors (Lipinski definition) is 1. The monoisotopic (exact) mass is 413 g/mol. The molecule has 1 N–H and O–H groups in total. The Morgan fingerprint density at radius 1 is 1.10 bits per heavy atom. The molecular formula is C17H18Br2FN. The molecule has 0 spiro atoms. The Morgan fingerprint density at radius 3 is 2.52 bits per heavy atom. The van der Waals surface area contributed by atoms with Crippen LogP contribution in [0.4, 0.5) is 4.39 Å². The van der Waals surface area contributed by atoms with E-state index in [1.165, 1.54) is 0 Å². The molecule has 21 heavy (non-hydrogen) atoms. The minimum Gasteiger partial charge on any atom is -0.306 e. The van der Waals surface area contributed by atoms with Gasteiger partial charge in [0.2, 0.25) is 0 Å². The quantitative estimate of drug-likeness (QED) is 0.656. The van der Waals surface area contributed by atoms with Crippen molar-refractivity contribution in [2.75, 3.05) is 6.54 Å². The van der Waals surface area contributed by atoms with Gasteiger partial charge < -0.3 is 5.32 Å². The highest BCUT2D eigenvalue weighted by Gasteiger charge is 2.20. The first-order valence-electron chi connectivity index (χ1n) is 6.97. The average molecular weight is 415 g/mol. The zero-order valence-corrected chi connectivity index (χ0v) is 15.3. The molecule has 0 radical (unpaired) electrons. The molecule has 0 amide bonds. The molecule has 2 rings (SSSR count). The van der Waals surface area contributed by atoms with Gasteiger partial charge in [0.15, 0.2) is 0 Å². The molecule has 0 aliphatic carbocycles. The lowest BCUT2D eigenvalue weighted by Gasteiger charge is -2.22. The van der Waals surface area contributed by atoms with Crippen LogP contribution in [0.25, 0.3) is 0 Å². The Labute approximate surface area is 142 Å². The number of nitrogens with one attached hydrogen (secondary N) is 1. The van der Waals surface area contributed by atoms with Crippen molar-refractivity contribution >= 4 is 31.9 Å². The molecule has 0 aromatic heterocycles. The van der Waals surface area contributed by atoms with Crippen molar-refractivity contribution < 1.29 is 4.39 Å².